The van der Waals surface area contributed by atoms with E-state index in [1.165, 1.54) is 0 Å². The molecule has 6 nitrogen and oxygen atoms in total. The number of hydrogen-bond acceptors (Lipinski definition) is 5. The molecule has 5 aliphatic rings. The highest BCUT2D eigenvalue weighted by Crippen LogP contribution is 2.87. The zero-order chi connectivity index (χ0) is 25.8. The van der Waals surface area contributed by atoms with Gasteiger partial charge in [-0.1, -0.05) is 27.7 Å². The highest BCUT2D eigenvalue weighted by molar-refractivity contribution is 5.92. The first-order valence-electron chi connectivity index (χ1n) is 14.1. The molecule has 2 spiro atoms. The number of rotatable bonds is 5. The van der Waals surface area contributed by atoms with Crippen LogP contribution in [0.2, 0.25) is 0 Å². The molecule has 0 aromatic rings. The molecule has 35 heavy (non-hydrogen) atoms. The number of carbonyl (C=O) groups excluding carboxylic acids is 2. The fourth-order valence-electron chi connectivity index (χ4n) is 10.9. The summed E-state index contributed by atoms with van der Waals surface area (Å²) < 4.78 is 0. The summed E-state index contributed by atoms with van der Waals surface area (Å²) in [6, 6.07) is 0.168. The van der Waals surface area contributed by atoms with Crippen molar-refractivity contribution in [3.63, 3.8) is 0 Å². The normalized spacial score (nSPS) is 53.3. The van der Waals surface area contributed by atoms with Gasteiger partial charge in [-0.3, -0.25) is 9.59 Å². The van der Waals surface area contributed by atoms with Crippen molar-refractivity contribution in [2.75, 3.05) is 20.7 Å². The second-order valence-electron chi connectivity index (χ2n) is 14.1. The van der Waals surface area contributed by atoms with Crippen LogP contribution in [-0.4, -0.2) is 65.7 Å². The van der Waals surface area contributed by atoms with Crippen molar-refractivity contribution in [3.05, 3.63) is 0 Å². The summed E-state index contributed by atoms with van der Waals surface area (Å²) in [5.41, 5.74) is -1.07. The van der Waals surface area contributed by atoms with E-state index in [1.54, 1.807) is 0 Å². The number of carbonyl (C=O) groups is 2. The van der Waals surface area contributed by atoms with Gasteiger partial charge in [0.15, 0.2) is 0 Å². The fraction of sp³-hybridized carbons (Fsp3) is 0.931. The summed E-state index contributed by atoms with van der Waals surface area (Å²) in [6.07, 6.45) is 6.09. The van der Waals surface area contributed by atoms with Crippen LogP contribution in [0.25, 0.3) is 0 Å². The van der Waals surface area contributed by atoms with Gasteiger partial charge in [-0.25, -0.2) is 0 Å². The molecule has 0 aliphatic heterocycles. The monoisotopic (exact) mass is 488 g/mol. The van der Waals surface area contributed by atoms with Crippen molar-refractivity contribution >= 4 is 11.7 Å². The Morgan fingerprint density at radius 3 is 2.40 bits per heavy atom. The Kier molecular flexibility index (Phi) is 5.69. The Morgan fingerprint density at radius 1 is 1.14 bits per heavy atom. The van der Waals surface area contributed by atoms with E-state index in [9.17, 15) is 19.8 Å². The maximum Gasteiger partial charge on any atom is 0.219 e. The maximum atomic E-state index is 14.4. The summed E-state index contributed by atoms with van der Waals surface area (Å²) in [5.74, 6) is 1.08. The molecular weight excluding hydrogens is 440 g/mol. The molecule has 5 rings (SSSR count). The Hall–Kier alpha value is -0.980. The first-order chi connectivity index (χ1) is 16.3. The van der Waals surface area contributed by atoms with Gasteiger partial charge in [0.25, 0.3) is 0 Å². The molecule has 5 saturated carbocycles. The quantitative estimate of drug-likeness (QED) is 0.552. The van der Waals surface area contributed by atoms with Crippen LogP contribution in [0, 0.1) is 44.8 Å². The van der Waals surface area contributed by atoms with Crippen LogP contribution < -0.4 is 5.32 Å². The number of amides is 1. The number of ketones is 1. The van der Waals surface area contributed by atoms with Gasteiger partial charge in [-0.05, 0) is 87.6 Å². The molecule has 0 heterocycles. The average Bonchev–Trinajstić information content (AvgIpc) is 3.44. The van der Waals surface area contributed by atoms with Gasteiger partial charge in [0.05, 0.1) is 12.7 Å². The third-order valence-corrected chi connectivity index (χ3v) is 13.0. The summed E-state index contributed by atoms with van der Waals surface area (Å²) in [5, 5.41) is 25.3. The van der Waals surface area contributed by atoms with E-state index in [1.807, 2.05) is 6.92 Å². The lowest BCUT2D eigenvalue weighted by Gasteiger charge is -2.63. The predicted molar refractivity (Wildman–Crippen MR) is 135 cm³/mol. The maximum absolute atomic E-state index is 14.4. The van der Waals surface area contributed by atoms with Gasteiger partial charge in [-0.2, -0.15) is 0 Å². The van der Waals surface area contributed by atoms with E-state index in [-0.39, 0.29) is 70.1 Å². The van der Waals surface area contributed by atoms with Gasteiger partial charge < -0.3 is 20.4 Å². The highest BCUT2D eigenvalue weighted by Gasteiger charge is 2.86. The number of aliphatic hydroxyl groups excluding tert-OH is 2. The molecule has 5 aliphatic carbocycles. The van der Waals surface area contributed by atoms with E-state index in [2.05, 4.69) is 52.0 Å². The van der Waals surface area contributed by atoms with Gasteiger partial charge >= 0.3 is 0 Å². The van der Waals surface area contributed by atoms with Crippen molar-refractivity contribution in [1.82, 2.24) is 10.2 Å². The van der Waals surface area contributed by atoms with Crippen molar-refractivity contribution in [2.45, 2.75) is 104 Å². The van der Waals surface area contributed by atoms with Crippen LogP contribution in [0.1, 0.15) is 86.0 Å². The molecular formula is C29H48N2O4. The molecule has 0 aromatic heterocycles. The van der Waals surface area contributed by atoms with E-state index >= 15 is 0 Å². The molecule has 5 fully saturated rings. The summed E-state index contributed by atoms with van der Waals surface area (Å²) >= 11 is 0. The van der Waals surface area contributed by atoms with Crippen LogP contribution in [-0.2, 0) is 9.59 Å². The molecule has 0 saturated heterocycles. The van der Waals surface area contributed by atoms with E-state index in [0.29, 0.717) is 18.6 Å². The third kappa shape index (κ3) is 2.88. The van der Waals surface area contributed by atoms with Crippen LogP contribution in [0.5, 0.6) is 0 Å². The number of fused-ring (bicyclic) bond motifs is 2. The number of nitrogens with one attached hydrogen (secondary N) is 1. The second kappa shape index (κ2) is 7.77. The molecule has 198 valence electrons. The lowest BCUT2D eigenvalue weighted by atomic mass is 9.41. The minimum atomic E-state index is -0.406. The SMILES string of the molecule is CCC(=O)N[C@H]1CC[C@]23C[C@]24C(=O)C[C@]2(C)[C@@H]([C@H](C)N(C)C)[C@H](O)C[C@@]2(C)[C@@H]4CC[C@H]3[C@]1(C)CO. The van der Waals surface area contributed by atoms with Crippen molar-refractivity contribution in [3.8, 4) is 0 Å². The molecule has 0 bridgehead atoms. The van der Waals surface area contributed by atoms with Crippen LogP contribution in [0.3, 0.4) is 0 Å². The number of aliphatic hydroxyl groups is 2. The molecule has 11 atom stereocenters. The number of hydrogen-bond donors (Lipinski definition) is 3. The first kappa shape index (κ1) is 25.7. The van der Waals surface area contributed by atoms with Gasteiger partial charge in [-0.15, -0.1) is 0 Å². The summed E-state index contributed by atoms with van der Waals surface area (Å²) in [4.78, 5) is 28.9. The molecule has 0 aromatic carbocycles. The molecule has 0 radical (unpaired) electrons. The van der Waals surface area contributed by atoms with Gasteiger partial charge in [0, 0.05) is 41.7 Å². The second-order valence-corrected chi connectivity index (χ2v) is 14.1. The topological polar surface area (TPSA) is 89.9 Å². The average molecular weight is 489 g/mol. The molecule has 3 N–H and O–H groups in total. The predicted octanol–water partition coefficient (Wildman–Crippen LogP) is 3.39. The van der Waals surface area contributed by atoms with Gasteiger partial charge in [0.1, 0.15) is 5.78 Å². The van der Waals surface area contributed by atoms with Crippen LogP contribution in [0.4, 0.5) is 0 Å². The van der Waals surface area contributed by atoms with E-state index in [0.717, 1.165) is 38.5 Å². The largest absolute Gasteiger partial charge is 0.396 e. The Bertz CT molecular complexity index is 922. The Balaban J connectivity index is 1.52. The minimum Gasteiger partial charge on any atom is -0.396 e. The zero-order valence-corrected chi connectivity index (χ0v) is 23.0. The van der Waals surface area contributed by atoms with Crippen molar-refractivity contribution in [2.24, 2.45) is 44.8 Å². The third-order valence-electron chi connectivity index (χ3n) is 13.0. The summed E-state index contributed by atoms with van der Waals surface area (Å²) in [7, 11) is 4.16. The lowest BCUT2D eigenvalue weighted by molar-refractivity contribution is -0.173. The van der Waals surface area contributed by atoms with E-state index in [4.69, 9.17) is 0 Å². The van der Waals surface area contributed by atoms with E-state index < -0.39 is 5.41 Å². The van der Waals surface area contributed by atoms with Crippen molar-refractivity contribution in [1.29, 1.82) is 0 Å². The summed E-state index contributed by atoms with van der Waals surface area (Å²) in [6.45, 7) is 11.0. The first-order valence-corrected chi connectivity index (χ1v) is 14.1. The Labute approximate surface area is 211 Å². The molecule has 0 unspecified atom stereocenters. The van der Waals surface area contributed by atoms with Crippen LogP contribution >= 0.6 is 0 Å². The van der Waals surface area contributed by atoms with Crippen molar-refractivity contribution < 1.29 is 19.8 Å². The standard InChI is InChI=1S/C29H48N2O4/c1-8-23(35)30-21-11-12-28-15-29(28)20(10-9-19(28)25(21,3)16-32)26(4)13-18(33)24(17(2)31(6)7)27(26,5)14-22(29)34/h17-21,24,32-33H,8-16H2,1-7H3,(H,30,35)/t17-,18+,19-,20-,21-,24-,25-,26-,27+,28+,29-/m0/s1. The van der Waals surface area contributed by atoms with Crippen LogP contribution in [0.15, 0.2) is 0 Å². The number of Topliss-reactive ketones (excluding diaryl/α,β-unsaturated/α-hetero) is 1. The fourth-order valence-corrected chi connectivity index (χ4v) is 10.9. The zero-order valence-electron chi connectivity index (χ0n) is 23.0. The smallest absolute Gasteiger partial charge is 0.219 e. The van der Waals surface area contributed by atoms with Gasteiger partial charge in [0.2, 0.25) is 5.91 Å². The molecule has 1 amide bonds. The lowest BCUT2D eigenvalue weighted by Crippen LogP contribution is -2.64. The highest BCUT2D eigenvalue weighted by atomic mass is 16.3. The number of nitrogens with zero attached hydrogens (tertiary/aromatic N) is 1. The molecule has 6 heteroatoms. The minimum absolute atomic E-state index is 0.0389. The Morgan fingerprint density at radius 2 is 1.80 bits per heavy atom.